The van der Waals surface area contributed by atoms with Gasteiger partial charge in [-0.1, -0.05) is 48.0 Å². The van der Waals surface area contributed by atoms with Crippen LogP contribution in [0.2, 0.25) is 0 Å². The Morgan fingerprint density at radius 2 is 1.94 bits per heavy atom. The molecule has 0 unspecified atom stereocenters. The van der Waals surface area contributed by atoms with Gasteiger partial charge in [-0.2, -0.15) is 5.10 Å². The first-order chi connectivity index (χ1) is 7.63. The van der Waals surface area contributed by atoms with Crippen molar-refractivity contribution in [3.05, 3.63) is 48.3 Å². The third-order valence-electron chi connectivity index (χ3n) is 2.72. The normalized spacial score (nSPS) is 11.7. The van der Waals surface area contributed by atoms with Crippen molar-refractivity contribution in [2.45, 2.75) is 19.3 Å². The fraction of sp³-hybridized carbons (Fsp3) is 0.308. The van der Waals surface area contributed by atoms with E-state index in [1.54, 1.807) is 0 Å². The number of halogens is 1. The van der Waals surface area contributed by atoms with E-state index >= 15 is 0 Å². The molecule has 0 saturated carbocycles. The van der Waals surface area contributed by atoms with Crippen LogP contribution in [0, 0.1) is 0 Å². The molecule has 0 aliphatic rings. The van der Waals surface area contributed by atoms with Gasteiger partial charge < -0.3 is 0 Å². The average Bonchev–Trinajstić information content (AvgIpc) is 2.80. The number of aromatic nitrogens is 2. The Morgan fingerprint density at radius 3 is 2.56 bits per heavy atom. The smallest absolute Gasteiger partial charge is 0.0645 e. The number of alkyl halides is 1. The van der Waals surface area contributed by atoms with Crippen LogP contribution in [-0.2, 0) is 5.41 Å². The van der Waals surface area contributed by atoms with Gasteiger partial charge in [0.25, 0.3) is 0 Å². The summed E-state index contributed by atoms with van der Waals surface area (Å²) in [4.78, 5) is 0. The summed E-state index contributed by atoms with van der Waals surface area (Å²) in [5, 5.41) is 5.33. The van der Waals surface area contributed by atoms with Gasteiger partial charge in [-0.25, -0.2) is 4.68 Å². The van der Waals surface area contributed by atoms with Crippen molar-refractivity contribution in [1.29, 1.82) is 0 Å². The topological polar surface area (TPSA) is 17.8 Å². The second-order valence-corrected chi connectivity index (χ2v) is 5.09. The lowest BCUT2D eigenvalue weighted by atomic mass is 9.90. The molecule has 0 aliphatic carbocycles. The van der Waals surface area contributed by atoms with Crippen molar-refractivity contribution >= 4 is 15.9 Å². The molecule has 0 aliphatic heterocycles. The minimum absolute atomic E-state index is 0.118. The summed E-state index contributed by atoms with van der Waals surface area (Å²) < 4.78 is 1.92. The Morgan fingerprint density at radius 1 is 1.25 bits per heavy atom. The predicted octanol–water partition coefficient (Wildman–Crippen LogP) is 3.54. The maximum Gasteiger partial charge on any atom is 0.0645 e. The largest absolute Gasteiger partial charge is 0.241 e. The molecular weight excluding hydrogens is 264 g/mol. The quantitative estimate of drug-likeness (QED) is 0.786. The molecule has 0 amide bonds. The van der Waals surface area contributed by atoms with Gasteiger partial charge in [0.15, 0.2) is 0 Å². The van der Waals surface area contributed by atoms with Crippen molar-refractivity contribution in [3.8, 4) is 5.69 Å². The molecule has 2 rings (SSSR count). The van der Waals surface area contributed by atoms with E-state index in [-0.39, 0.29) is 5.41 Å². The summed E-state index contributed by atoms with van der Waals surface area (Å²) in [7, 11) is 0. The van der Waals surface area contributed by atoms with E-state index in [0.717, 1.165) is 11.0 Å². The Kier molecular flexibility index (Phi) is 3.15. The van der Waals surface area contributed by atoms with Gasteiger partial charge in [0.05, 0.1) is 11.9 Å². The van der Waals surface area contributed by atoms with E-state index in [9.17, 15) is 0 Å². The van der Waals surface area contributed by atoms with E-state index < -0.39 is 0 Å². The van der Waals surface area contributed by atoms with Crippen molar-refractivity contribution in [3.63, 3.8) is 0 Å². The van der Waals surface area contributed by atoms with E-state index in [1.807, 2.05) is 29.1 Å². The minimum Gasteiger partial charge on any atom is -0.241 e. The van der Waals surface area contributed by atoms with E-state index in [0.29, 0.717) is 0 Å². The number of hydrogen-bond donors (Lipinski definition) is 0. The summed E-state index contributed by atoms with van der Waals surface area (Å²) >= 11 is 3.54. The van der Waals surface area contributed by atoms with Gasteiger partial charge in [0.1, 0.15) is 0 Å². The molecule has 2 aromatic rings. The van der Waals surface area contributed by atoms with Crippen LogP contribution in [0.3, 0.4) is 0 Å². The predicted molar refractivity (Wildman–Crippen MR) is 70.4 cm³/mol. The van der Waals surface area contributed by atoms with Crippen molar-refractivity contribution in [2.75, 3.05) is 5.33 Å². The monoisotopic (exact) mass is 278 g/mol. The van der Waals surface area contributed by atoms with Crippen LogP contribution in [0.1, 0.15) is 19.4 Å². The Hall–Kier alpha value is -1.09. The van der Waals surface area contributed by atoms with Crippen LogP contribution in [0.4, 0.5) is 0 Å². The molecule has 1 aromatic heterocycles. The molecule has 2 nitrogen and oxygen atoms in total. The van der Waals surface area contributed by atoms with E-state index in [4.69, 9.17) is 0 Å². The SMILES string of the molecule is CC(C)(CBr)c1cnn(-c2ccccc2)c1. The Bertz CT molecular complexity index is 460. The standard InChI is InChI=1S/C13H15BrN2/c1-13(2,10-14)11-8-15-16(9-11)12-6-4-3-5-7-12/h3-9H,10H2,1-2H3. The number of hydrogen-bond acceptors (Lipinski definition) is 1. The lowest BCUT2D eigenvalue weighted by Crippen LogP contribution is -2.17. The van der Waals surface area contributed by atoms with Crippen molar-refractivity contribution < 1.29 is 0 Å². The van der Waals surface area contributed by atoms with Crippen molar-refractivity contribution in [1.82, 2.24) is 9.78 Å². The van der Waals surface area contributed by atoms with Gasteiger partial charge in [0, 0.05) is 16.9 Å². The zero-order chi connectivity index (χ0) is 11.6. The van der Waals surface area contributed by atoms with Gasteiger partial charge >= 0.3 is 0 Å². The molecule has 3 heteroatoms. The summed E-state index contributed by atoms with van der Waals surface area (Å²) in [5.74, 6) is 0. The first-order valence-electron chi connectivity index (χ1n) is 5.30. The molecule has 0 bridgehead atoms. The second kappa shape index (κ2) is 4.42. The minimum atomic E-state index is 0.118. The van der Waals surface area contributed by atoms with Crippen LogP contribution in [0.15, 0.2) is 42.7 Å². The zero-order valence-electron chi connectivity index (χ0n) is 9.52. The summed E-state index contributed by atoms with van der Waals surface area (Å²) in [6.07, 6.45) is 4.03. The molecule has 0 saturated heterocycles. The molecule has 16 heavy (non-hydrogen) atoms. The van der Waals surface area contributed by atoms with Crippen LogP contribution in [-0.4, -0.2) is 15.1 Å². The number of para-hydroxylation sites is 1. The molecule has 1 aromatic carbocycles. The molecule has 0 radical (unpaired) electrons. The average molecular weight is 279 g/mol. The first kappa shape index (κ1) is 11.4. The van der Waals surface area contributed by atoms with Gasteiger partial charge in [0.2, 0.25) is 0 Å². The maximum absolute atomic E-state index is 4.40. The lowest BCUT2D eigenvalue weighted by Gasteiger charge is -2.19. The Balaban J connectivity index is 2.34. The van der Waals surface area contributed by atoms with E-state index in [2.05, 4.69) is 53.2 Å². The van der Waals surface area contributed by atoms with Crippen LogP contribution in [0.5, 0.6) is 0 Å². The highest BCUT2D eigenvalue weighted by Gasteiger charge is 2.20. The summed E-state index contributed by atoms with van der Waals surface area (Å²) in [6.45, 7) is 4.40. The van der Waals surface area contributed by atoms with E-state index in [1.165, 1.54) is 5.56 Å². The molecule has 0 atom stereocenters. The lowest BCUT2D eigenvalue weighted by molar-refractivity contribution is 0.606. The van der Waals surface area contributed by atoms with Crippen LogP contribution < -0.4 is 0 Å². The highest BCUT2D eigenvalue weighted by atomic mass is 79.9. The summed E-state index contributed by atoms with van der Waals surface area (Å²) in [6, 6.07) is 10.2. The van der Waals surface area contributed by atoms with Crippen molar-refractivity contribution in [2.24, 2.45) is 0 Å². The Labute approximate surface area is 104 Å². The number of rotatable bonds is 3. The molecular formula is C13H15BrN2. The molecule has 0 spiro atoms. The fourth-order valence-corrected chi connectivity index (χ4v) is 1.80. The third-order valence-corrected chi connectivity index (χ3v) is 4.12. The number of benzene rings is 1. The molecule has 1 heterocycles. The highest BCUT2D eigenvalue weighted by Crippen LogP contribution is 2.25. The molecule has 0 fully saturated rings. The third kappa shape index (κ3) is 2.19. The molecule has 0 N–H and O–H groups in total. The van der Waals surface area contributed by atoms with Gasteiger partial charge in [-0.05, 0) is 17.7 Å². The van der Waals surface area contributed by atoms with Crippen LogP contribution >= 0.6 is 15.9 Å². The van der Waals surface area contributed by atoms with Gasteiger partial charge in [-0.3, -0.25) is 0 Å². The van der Waals surface area contributed by atoms with Crippen LogP contribution in [0.25, 0.3) is 5.69 Å². The molecule has 84 valence electrons. The number of nitrogens with zero attached hydrogens (tertiary/aromatic N) is 2. The maximum atomic E-state index is 4.40. The zero-order valence-corrected chi connectivity index (χ0v) is 11.1. The highest BCUT2D eigenvalue weighted by molar-refractivity contribution is 9.09. The fourth-order valence-electron chi connectivity index (χ4n) is 1.47. The summed E-state index contributed by atoms with van der Waals surface area (Å²) in [5.41, 5.74) is 2.46. The van der Waals surface area contributed by atoms with Gasteiger partial charge in [-0.15, -0.1) is 0 Å². The second-order valence-electron chi connectivity index (χ2n) is 4.53. The first-order valence-corrected chi connectivity index (χ1v) is 6.42.